The zero-order valence-corrected chi connectivity index (χ0v) is 13.0. The van der Waals surface area contributed by atoms with Gasteiger partial charge in [0.05, 0.1) is 0 Å². The highest BCUT2D eigenvalue weighted by molar-refractivity contribution is 5.46. The number of nitrogens with zero attached hydrogens (tertiary/aromatic N) is 1. The molecule has 1 fully saturated rings. The molecule has 112 valence electrons. The highest BCUT2D eigenvalue weighted by Crippen LogP contribution is 2.36. The number of hydrogen-bond acceptors (Lipinski definition) is 3. The van der Waals surface area contributed by atoms with E-state index in [4.69, 9.17) is 5.73 Å². The Morgan fingerprint density at radius 3 is 2.50 bits per heavy atom. The highest BCUT2D eigenvalue weighted by atomic mass is 14.9. The van der Waals surface area contributed by atoms with Crippen molar-refractivity contribution in [2.24, 2.45) is 5.92 Å². The Labute approximate surface area is 123 Å². The molecular formula is C17H29N3. The summed E-state index contributed by atoms with van der Waals surface area (Å²) in [6.07, 6.45) is 11.3. The quantitative estimate of drug-likeness (QED) is 0.873. The van der Waals surface area contributed by atoms with Gasteiger partial charge in [-0.1, -0.05) is 39.0 Å². The van der Waals surface area contributed by atoms with Crippen molar-refractivity contribution >= 4 is 5.82 Å². The molecule has 3 heteroatoms. The third-order valence-electron chi connectivity index (χ3n) is 4.60. The predicted octanol–water partition coefficient (Wildman–Crippen LogP) is 3.98. The van der Waals surface area contributed by atoms with Gasteiger partial charge in [0.1, 0.15) is 5.82 Å². The first-order valence-electron chi connectivity index (χ1n) is 8.18. The van der Waals surface area contributed by atoms with Crippen LogP contribution in [0.2, 0.25) is 0 Å². The van der Waals surface area contributed by atoms with Crippen LogP contribution in [-0.4, -0.2) is 11.5 Å². The van der Waals surface area contributed by atoms with Gasteiger partial charge in [0, 0.05) is 17.8 Å². The maximum Gasteiger partial charge on any atom is 0.128 e. The van der Waals surface area contributed by atoms with Gasteiger partial charge in [0.2, 0.25) is 0 Å². The molecule has 3 nitrogen and oxygen atoms in total. The van der Waals surface area contributed by atoms with E-state index >= 15 is 0 Å². The van der Waals surface area contributed by atoms with E-state index < -0.39 is 0 Å². The van der Waals surface area contributed by atoms with Crippen molar-refractivity contribution in [1.29, 1.82) is 0 Å². The number of hydrogen-bond donors (Lipinski definition) is 2. The minimum atomic E-state index is 0.367. The molecule has 0 radical (unpaired) electrons. The molecular weight excluding hydrogens is 246 g/mol. The normalized spacial score (nSPS) is 19.3. The second-order valence-electron chi connectivity index (χ2n) is 6.07. The molecule has 0 aromatic carbocycles. The second kappa shape index (κ2) is 7.63. The van der Waals surface area contributed by atoms with Crippen LogP contribution in [0.3, 0.4) is 0 Å². The first-order chi connectivity index (χ1) is 9.74. The summed E-state index contributed by atoms with van der Waals surface area (Å²) in [4.78, 5) is 4.32. The van der Waals surface area contributed by atoms with Gasteiger partial charge in [0.15, 0.2) is 0 Å². The van der Waals surface area contributed by atoms with E-state index in [1.807, 2.05) is 6.20 Å². The number of aryl methyl sites for hydroxylation is 1. The maximum absolute atomic E-state index is 6.18. The first-order valence-corrected chi connectivity index (χ1v) is 8.18. The topological polar surface area (TPSA) is 50.9 Å². The van der Waals surface area contributed by atoms with Gasteiger partial charge in [-0.25, -0.2) is 4.98 Å². The second-order valence-corrected chi connectivity index (χ2v) is 6.07. The maximum atomic E-state index is 6.18. The van der Waals surface area contributed by atoms with Crippen LogP contribution in [0.1, 0.15) is 69.0 Å². The largest absolute Gasteiger partial charge is 0.383 e. The number of nitrogens with one attached hydrogen (secondary N) is 1. The molecule has 1 heterocycles. The van der Waals surface area contributed by atoms with E-state index in [9.17, 15) is 0 Å². The van der Waals surface area contributed by atoms with Gasteiger partial charge in [-0.15, -0.1) is 0 Å². The summed E-state index contributed by atoms with van der Waals surface area (Å²) in [6.45, 7) is 5.31. The zero-order chi connectivity index (χ0) is 14.4. The molecule has 0 bridgehead atoms. The Balaban J connectivity index is 2.24. The Bertz CT molecular complexity index is 388. The highest BCUT2D eigenvalue weighted by Gasteiger charge is 2.26. The number of pyridine rings is 1. The Hall–Kier alpha value is -1.09. The number of rotatable bonds is 4. The predicted molar refractivity (Wildman–Crippen MR) is 85.6 cm³/mol. The lowest BCUT2D eigenvalue weighted by Crippen LogP contribution is -2.30. The van der Waals surface area contributed by atoms with Crippen molar-refractivity contribution in [3.8, 4) is 0 Å². The lowest BCUT2D eigenvalue weighted by molar-refractivity contribution is 0.291. The Morgan fingerprint density at radius 1 is 1.25 bits per heavy atom. The summed E-state index contributed by atoms with van der Waals surface area (Å²) >= 11 is 0. The molecule has 1 aliphatic carbocycles. The van der Waals surface area contributed by atoms with E-state index in [0.29, 0.717) is 17.8 Å². The first kappa shape index (κ1) is 15.3. The molecule has 1 saturated carbocycles. The summed E-state index contributed by atoms with van der Waals surface area (Å²) in [5.74, 6) is 1.40. The lowest BCUT2D eigenvalue weighted by atomic mass is 9.82. The van der Waals surface area contributed by atoms with Crippen LogP contribution >= 0.6 is 0 Å². The van der Waals surface area contributed by atoms with Crippen LogP contribution in [0.15, 0.2) is 12.3 Å². The zero-order valence-electron chi connectivity index (χ0n) is 13.0. The van der Waals surface area contributed by atoms with Crippen LogP contribution in [0.4, 0.5) is 5.82 Å². The molecule has 2 rings (SSSR count). The van der Waals surface area contributed by atoms with Gasteiger partial charge in [-0.2, -0.15) is 0 Å². The van der Waals surface area contributed by atoms with Crippen molar-refractivity contribution in [2.75, 3.05) is 12.3 Å². The number of anilines is 1. The minimum absolute atomic E-state index is 0.367. The number of aromatic nitrogens is 1. The van der Waals surface area contributed by atoms with Crippen molar-refractivity contribution in [3.63, 3.8) is 0 Å². The molecule has 1 atom stereocenters. The molecule has 3 N–H and O–H groups in total. The average molecular weight is 275 g/mol. The average Bonchev–Trinajstić information content (AvgIpc) is 2.37. The summed E-state index contributed by atoms with van der Waals surface area (Å²) in [5.41, 5.74) is 8.68. The third kappa shape index (κ3) is 3.72. The van der Waals surface area contributed by atoms with Gasteiger partial charge in [-0.05, 0) is 43.9 Å². The van der Waals surface area contributed by atoms with Crippen molar-refractivity contribution in [2.45, 2.75) is 64.8 Å². The number of nitrogens with two attached hydrogens (primary N) is 1. The van der Waals surface area contributed by atoms with Crippen LogP contribution in [0.25, 0.3) is 0 Å². The van der Waals surface area contributed by atoms with E-state index in [1.165, 1.54) is 56.1 Å². The standard InChI is InChI=1S/C17H29N3/c1-3-19-16(14-9-7-5-4-6-8-10-14)15-13(2)11-12-20-17(15)18/h11-12,14,16,19H,3-10H2,1-2H3,(H2,18,20). The molecule has 1 unspecified atom stereocenters. The summed E-state index contributed by atoms with van der Waals surface area (Å²) in [7, 11) is 0. The van der Waals surface area contributed by atoms with Crippen molar-refractivity contribution in [3.05, 3.63) is 23.4 Å². The fourth-order valence-electron chi connectivity index (χ4n) is 3.54. The summed E-state index contributed by atoms with van der Waals surface area (Å²) in [6, 6.07) is 2.45. The summed E-state index contributed by atoms with van der Waals surface area (Å²) < 4.78 is 0. The van der Waals surface area contributed by atoms with E-state index in [2.05, 4.69) is 30.2 Å². The molecule has 1 aromatic heterocycles. The van der Waals surface area contributed by atoms with Crippen molar-refractivity contribution < 1.29 is 0 Å². The number of nitrogen functional groups attached to an aromatic ring is 1. The van der Waals surface area contributed by atoms with E-state index in [0.717, 1.165) is 6.54 Å². The molecule has 1 aromatic rings. The SMILES string of the molecule is CCNC(c1c(C)ccnc1N)C1CCCCCCC1. The molecule has 1 aliphatic rings. The van der Waals surface area contributed by atoms with Crippen LogP contribution in [0.5, 0.6) is 0 Å². The van der Waals surface area contributed by atoms with Crippen molar-refractivity contribution in [1.82, 2.24) is 10.3 Å². The van der Waals surface area contributed by atoms with E-state index in [1.54, 1.807) is 0 Å². The third-order valence-corrected chi connectivity index (χ3v) is 4.60. The van der Waals surface area contributed by atoms with Gasteiger partial charge >= 0.3 is 0 Å². The fourth-order valence-corrected chi connectivity index (χ4v) is 3.54. The van der Waals surface area contributed by atoms with E-state index in [-0.39, 0.29) is 0 Å². The molecule has 20 heavy (non-hydrogen) atoms. The molecule has 0 spiro atoms. The van der Waals surface area contributed by atoms with Crippen LogP contribution < -0.4 is 11.1 Å². The molecule has 0 aliphatic heterocycles. The van der Waals surface area contributed by atoms with Gasteiger partial charge in [0.25, 0.3) is 0 Å². The Morgan fingerprint density at radius 2 is 1.90 bits per heavy atom. The van der Waals surface area contributed by atoms with Gasteiger partial charge < -0.3 is 11.1 Å². The smallest absolute Gasteiger partial charge is 0.128 e. The van der Waals surface area contributed by atoms with Crippen LogP contribution in [-0.2, 0) is 0 Å². The lowest BCUT2D eigenvalue weighted by Gasteiger charge is -2.31. The Kier molecular flexibility index (Phi) is 5.84. The van der Waals surface area contributed by atoms with Crippen LogP contribution in [0, 0.1) is 12.8 Å². The minimum Gasteiger partial charge on any atom is -0.383 e. The molecule has 0 saturated heterocycles. The summed E-state index contributed by atoms with van der Waals surface area (Å²) in [5, 5.41) is 3.68. The monoisotopic (exact) mass is 275 g/mol. The van der Waals surface area contributed by atoms with Gasteiger partial charge in [-0.3, -0.25) is 0 Å². The molecule has 0 amide bonds. The fraction of sp³-hybridized carbons (Fsp3) is 0.706.